The quantitative estimate of drug-likeness (QED) is 0.567. The molecule has 0 saturated heterocycles. The van der Waals surface area contributed by atoms with Gasteiger partial charge < -0.3 is 10.2 Å². The van der Waals surface area contributed by atoms with Gasteiger partial charge in [0.25, 0.3) is 0 Å². The Labute approximate surface area is 150 Å². The number of nitrogens with zero attached hydrogens (tertiary/aromatic N) is 3. The standard InChI is InChI=1S/C21H12N4O/c22-11-15(21(25)16(12-23)13-24)10-17-8-9-20(26-17)19-7-3-5-14-4-1-2-6-18(14)19/h1-10H,25H2/b15-10+. The minimum atomic E-state index is -0.307. The SMILES string of the molecule is N#CC(C#N)=C(N)/C(C#N)=C/c1ccc(-c2cccc3ccccc23)o1. The molecule has 0 atom stereocenters. The molecule has 0 unspecified atom stereocenters. The van der Waals surface area contributed by atoms with Crippen LogP contribution in [0.2, 0.25) is 0 Å². The topological polar surface area (TPSA) is 111 Å². The van der Waals surface area contributed by atoms with Gasteiger partial charge in [0, 0.05) is 11.6 Å². The number of fused-ring (bicyclic) bond motifs is 1. The van der Waals surface area contributed by atoms with Gasteiger partial charge in [0.1, 0.15) is 29.7 Å². The maximum absolute atomic E-state index is 9.27. The molecule has 2 aromatic carbocycles. The van der Waals surface area contributed by atoms with Gasteiger partial charge in [-0.1, -0.05) is 42.5 Å². The summed E-state index contributed by atoms with van der Waals surface area (Å²) in [6.07, 6.45) is 1.42. The Kier molecular flexibility index (Phi) is 4.52. The van der Waals surface area contributed by atoms with Crippen molar-refractivity contribution in [3.05, 3.63) is 77.2 Å². The molecule has 122 valence electrons. The summed E-state index contributed by atoms with van der Waals surface area (Å²) >= 11 is 0. The molecule has 0 spiro atoms. The monoisotopic (exact) mass is 336 g/mol. The van der Waals surface area contributed by atoms with Gasteiger partial charge in [-0.3, -0.25) is 0 Å². The Morgan fingerprint density at radius 2 is 1.62 bits per heavy atom. The first-order valence-corrected chi connectivity index (χ1v) is 7.68. The van der Waals surface area contributed by atoms with Gasteiger partial charge in [0.2, 0.25) is 0 Å². The number of rotatable bonds is 3. The Bertz CT molecular complexity index is 1160. The molecule has 0 aliphatic heterocycles. The average Bonchev–Trinajstić information content (AvgIpc) is 3.15. The fraction of sp³-hybridized carbons (Fsp3) is 0. The van der Waals surface area contributed by atoms with E-state index in [4.69, 9.17) is 20.7 Å². The van der Waals surface area contributed by atoms with E-state index < -0.39 is 0 Å². The molecular formula is C21H12N4O. The fourth-order valence-electron chi connectivity index (χ4n) is 2.61. The van der Waals surface area contributed by atoms with Crippen molar-refractivity contribution in [3.63, 3.8) is 0 Å². The van der Waals surface area contributed by atoms with E-state index >= 15 is 0 Å². The average molecular weight is 336 g/mol. The molecule has 0 aliphatic carbocycles. The number of hydrogen-bond donors (Lipinski definition) is 1. The van der Waals surface area contributed by atoms with Crippen LogP contribution in [0.15, 0.2) is 75.9 Å². The van der Waals surface area contributed by atoms with Gasteiger partial charge in [-0.15, -0.1) is 0 Å². The minimum absolute atomic E-state index is 0.00178. The van der Waals surface area contributed by atoms with E-state index in [2.05, 4.69) is 0 Å². The van der Waals surface area contributed by atoms with Crippen LogP contribution in [0.25, 0.3) is 28.2 Å². The summed E-state index contributed by atoms with van der Waals surface area (Å²) in [5.41, 5.74) is 6.20. The van der Waals surface area contributed by atoms with E-state index in [1.165, 1.54) is 6.08 Å². The third-order valence-corrected chi connectivity index (χ3v) is 3.87. The summed E-state index contributed by atoms with van der Waals surface area (Å²) in [6, 6.07) is 22.6. The van der Waals surface area contributed by atoms with Gasteiger partial charge in [0.15, 0.2) is 5.57 Å². The van der Waals surface area contributed by atoms with E-state index in [-0.39, 0.29) is 16.8 Å². The third-order valence-electron chi connectivity index (χ3n) is 3.87. The molecule has 0 aliphatic rings. The zero-order chi connectivity index (χ0) is 18.5. The molecule has 3 aromatic rings. The van der Waals surface area contributed by atoms with Crippen LogP contribution in [0.3, 0.4) is 0 Å². The highest BCUT2D eigenvalue weighted by Crippen LogP contribution is 2.30. The van der Waals surface area contributed by atoms with E-state index in [0.29, 0.717) is 11.5 Å². The van der Waals surface area contributed by atoms with Crippen LogP contribution in [0.5, 0.6) is 0 Å². The largest absolute Gasteiger partial charge is 0.457 e. The van der Waals surface area contributed by atoms with Crippen LogP contribution in [-0.2, 0) is 0 Å². The molecule has 26 heavy (non-hydrogen) atoms. The lowest BCUT2D eigenvalue weighted by Gasteiger charge is -2.03. The molecule has 2 N–H and O–H groups in total. The van der Waals surface area contributed by atoms with Crippen molar-refractivity contribution in [2.24, 2.45) is 5.73 Å². The maximum Gasteiger partial charge on any atom is 0.153 e. The minimum Gasteiger partial charge on any atom is -0.457 e. The van der Waals surface area contributed by atoms with Crippen molar-refractivity contribution in [2.75, 3.05) is 0 Å². The lowest BCUT2D eigenvalue weighted by Crippen LogP contribution is -2.03. The molecular weight excluding hydrogens is 324 g/mol. The second kappa shape index (κ2) is 7.09. The predicted molar refractivity (Wildman–Crippen MR) is 97.7 cm³/mol. The summed E-state index contributed by atoms with van der Waals surface area (Å²) in [5.74, 6) is 1.05. The number of hydrogen-bond acceptors (Lipinski definition) is 5. The first-order chi connectivity index (χ1) is 12.7. The van der Waals surface area contributed by atoms with E-state index in [9.17, 15) is 5.26 Å². The molecule has 0 radical (unpaired) electrons. The lowest BCUT2D eigenvalue weighted by atomic mass is 10.0. The van der Waals surface area contributed by atoms with Crippen molar-refractivity contribution in [2.45, 2.75) is 0 Å². The number of allylic oxidation sites excluding steroid dienone is 2. The van der Waals surface area contributed by atoms with E-state index in [1.807, 2.05) is 48.5 Å². The fourth-order valence-corrected chi connectivity index (χ4v) is 2.61. The van der Waals surface area contributed by atoms with Gasteiger partial charge in [-0.2, -0.15) is 15.8 Å². The maximum atomic E-state index is 9.27. The van der Waals surface area contributed by atoms with Crippen LogP contribution >= 0.6 is 0 Å². The first kappa shape index (κ1) is 16.6. The van der Waals surface area contributed by atoms with Crippen LogP contribution in [0.1, 0.15) is 5.76 Å². The summed E-state index contributed by atoms with van der Waals surface area (Å²) < 4.78 is 5.84. The smallest absolute Gasteiger partial charge is 0.153 e. The molecule has 0 amide bonds. The summed E-state index contributed by atoms with van der Waals surface area (Å²) in [4.78, 5) is 0. The summed E-state index contributed by atoms with van der Waals surface area (Å²) in [7, 11) is 0. The highest BCUT2D eigenvalue weighted by atomic mass is 16.3. The van der Waals surface area contributed by atoms with Crippen molar-refractivity contribution >= 4 is 16.8 Å². The number of nitrogens with two attached hydrogens (primary N) is 1. The molecule has 5 nitrogen and oxygen atoms in total. The van der Waals surface area contributed by atoms with Gasteiger partial charge in [-0.25, -0.2) is 0 Å². The molecule has 0 fully saturated rings. The van der Waals surface area contributed by atoms with Crippen molar-refractivity contribution in [3.8, 4) is 29.5 Å². The Morgan fingerprint density at radius 1 is 0.885 bits per heavy atom. The van der Waals surface area contributed by atoms with Crippen LogP contribution in [0.4, 0.5) is 0 Å². The molecule has 1 heterocycles. The normalized spacial score (nSPS) is 10.6. The summed E-state index contributed by atoms with van der Waals surface area (Å²) in [5, 5.41) is 29.2. The lowest BCUT2D eigenvalue weighted by molar-refractivity contribution is 0.572. The highest BCUT2D eigenvalue weighted by molar-refractivity contribution is 5.95. The second-order valence-electron chi connectivity index (χ2n) is 5.41. The highest BCUT2D eigenvalue weighted by Gasteiger charge is 2.11. The number of nitriles is 3. The predicted octanol–water partition coefficient (Wildman–Crippen LogP) is 4.27. The van der Waals surface area contributed by atoms with Crippen molar-refractivity contribution < 1.29 is 4.42 Å². The summed E-state index contributed by atoms with van der Waals surface area (Å²) in [6.45, 7) is 0. The molecule has 0 bridgehead atoms. The molecule has 3 rings (SSSR count). The third kappa shape index (κ3) is 3.04. The Balaban J connectivity index is 2.06. The van der Waals surface area contributed by atoms with Crippen LogP contribution in [0, 0.1) is 34.0 Å². The first-order valence-electron chi connectivity index (χ1n) is 7.68. The molecule has 5 heteroatoms. The van der Waals surface area contributed by atoms with Gasteiger partial charge >= 0.3 is 0 Å². The van der Waals surface area contributed by atoms with Crippen LogP contribution < -0.4 is 5.73 Å². The van der Waals surface area contributed by atoms with Gasteiger partial charge in [0.05, 0.1) is 11.3 Å². The van der Waals surface area contributed by atoms with Crippen molar-refractivity contribution in [1.29, 1.82) is 15.8 Å². The Hall–Kier alpha value is -4.27. The van der Waals surface area contributed by atoms with E-state index in [0.717, 1.165) is 16.3 Å². The zero-order valence-electron chi connectivity index (χ0n) is 13.6. The van der Waals surface area contributed by atoms with Crippen LogP contribution in [-0.4, -0.2) is 0 Å². The van der Waals surface area contributed by atoms with E-state index in [1.54, 1.807) is 24.3 Å². The number of furan rings is 1. The molecule has 1 aromatic heterocycles. The van der Waals surface area contributed by atoms with Crippen molar-refractivity contribution in [1.82, 2.24) is 0 Å². The van der Waals surface area contributed by atoms with Gasteiger partial charge in [-0.05, 0) is 22.9 Å². The number of benzene rings is 2. The zero-order valence-corrected chi connectivity index (χ0v) is 13.6. The Morgan fingerprint density at radius 3 is 2.35 bits per heavy atom. The molecule has 0 saturated carbocycles. The second-order valence-corrected chi connectivity index (χ2v) is 5.41.